The lowest BCUT2D eigenvalue weighted by Crippen LogP contribution is -2.46. The maximum absolute atomic E-state index is 12.1. The first-order valence-electron chi connectivity index (χ1n) is 6.25. The summed E-state index contributed by atoms with van der Waals surface area (Å²) in [4.78, 5) is 14.1. The van der Waals surface area contributed by atoms with Gasteiger partial charge in [0.15, 0.2) is 0 Å². The summed E-state index contributed by atoms with van der Waals surface area (Å²) in [6.07, 6.45) is 6.06. The second-order valence-corrected chi connectivity index (χ2v) is 5.49. The maximum Gasteiger partial charge on any atom is 0.223 e. The van der Waals surface area contributed by atoms with Gasteiger partial charge in [0.25, 0.3) is 0 Å². The van der Waals surface area contributed by atoms with E-state index in [-0.39, 0.29) is 6.10 Å². The lowest BCUT2D eigenvalue weighted by Gasteiger charge is -2.32. The summed E-state index contributed by atoms with van der Waals surface area (Å²) in [7, 11) is 0. The number of nitrogens with zero attached hydrogens (tertiary/aromatic N) is 1. The zero-order chi connectivity index (χ0) is 11.4. The highest BCUT2D eigenvalue weighted by molar-refractivity contribution is 9.09. The van der Waals surface area contributed by atoms with E-state index in [0.717, 1.165) is 24.8 Å². The summed E-state index contributed by atoms with van der Waals surface area (Å²) in [6, 6.07) is 0. The molecule has 92 valence electrons. The van der Waals surface area contributed by atoms with Gasteiger partial charge in [-0.3, -0.25) is 4.79 Å². The number of amides is 1. The van der Waals surface area contributed by atoms with E-state index in [1.807, 2.05) is 4.90 Å². The molecule has 16 heavy (non-hydrogen) atoms. The SMILES string of the molecule is O=C(CC1CCCC1)N1CCOC(CBr)C1. The third-order valence-corrected chi connectivity index (χ3v) is 4.32. The Balaban J connectivity index is 1.79. The van der Waals surface area contributed by atoms with Gasteiger partial charge in [0, 0.05) is 24.8 Å². The molecule has 0 aromatic heterocycles. The van der Waals surface area contributed by atoms with E-state index < -0.39 is 0 Å². The number of ether oxygens (including phenoxy) is 1. The molecule has 0 aromatic carbocycles. The van der Waals surface area contributed by atoms with Crippen LogP contribution in [0.15, 0.2) is 0 Å². The number of morpholine rings is 1. The van der Waals surface area contributed by atoms with Gasteiger partial charge in [-0.2, -0.15) is 0 Å². The predicted octanol–water partition coefficient (Wildman–Crippen LogP) is 2.19. The van der Waals surface area contributed by atoms with E-state index in [1.165, 1.54) is 25.7 Å². The molecule has 0 N–H and O–H groups in total. The highest BCUT2D eigenvalue weighted by Gasteiger charge is 2.26. The first-order chi connectivity index (χ1) is 7.79. The van der Waals surface area contributed by atoms with Crippen molar-refractivity contribution in [3.8, 4) is 0 Å². The third kappa shape index (κ3) is 3.20. The van der Waals surface area contributed by atoms with Crippen LogP contribution in [0.1, 0.15) is 32.1 Å². The van der Waals surface area contributed by atoms with Gasteiger partial charge in [-0.1, -0.05) is 28.8 Å². The van der Waals surface area contributed by atoms with E-state index >= 15 is 0 Å². The summed E-state index contributed by atoms with van der Waals surface area (Å²) in [5.41, 5.74) is 0. The summed E-state index contributed by atoms with van der Waals surface area (Å²) in [6.45, 7) is 2.22. The van der Waals surface area contributed by atoms with Crippen molar-refractivity contribution in [1.29, 1.82) is 0 Å². The molecule has 0 bridgehead atoms. The molecule has 1 aliphatic carbocycles. The van der Waals surface area contributed by atoms with Crippen LogP contribution < -0.4 is 0 Å². The molecule has 2 aliphatic rings. The zero-order valence-electron chi connectivity index (χ0n) is 9.66. The van der Waals surface area contributed by atoms with Crippen molar-refractivity contribution < 1.29 is 9.53 Å². The molecule has 1 aliphatic heterocycles. The molecule has 1 saturated carbocycles. The highest BCUT2D eigenvalue weighted by atomic mass is 79.9. The molecule has 3 nitrogen and oxygen atoms in total. The van der Waals surface area contributed by atoms with Crippen molar-refractivity contribution in [3.05, 3.63) is 0 Å². The minimum Gasteiger partial charge on any atom is -0.374 e. The Kier molecular flexibility index (Phi) is 4.65. The van der Waals surface area contributed by atoms with Crippen molar-refractivity contribution in [1.82, 2.24) is 4.90 Å². The lowest BCUT2D eigenvalue weighted by atomic mass is 10.0. The topological polar surface area (TPSA) is 29.5 Å². The van der Waals surface area contributed by atoms with Gasteiger partial charge in [0.2, 0.25) is 5.91 Å². The second kappa shape index (κ2) is 6.01. The molecule has 1 saturated heterocycles. The van der Waals surface area contributed by atoms with Crippen LogP contribution in [0.25, 0.3) is 0 Å². The van der Waals surface area contributed by atoms with Crippen LogP contribution in [0.4, 0.5) is 0 Å². The molecular formula is C12H20BrNO2. The van der Waals surface area contributed by atoms with Crippen LogP contribution in [-0.4, -0.2) is 41.9 Å². The van der Waals surface area contributed by atoms with Crippen molar-refractivity contribution in [3.63, 3.8) is 0 Å². The Morgan fingerprint density at radius 1 is 1.38 bits per heavy atom. The normalized spacial score (nSPS) is 27.3. The third-order valence-electron chi connectivity index (χ3n) is 3.60. The van der Waals surface area contributed by atoms with Gasteiger partial charge in [0.1, 0.15) is 0 Å². The number of rotatable bonds is 3. The van der Waals surface area contributed by atoms with Gasteiger partial charge in [-0.15, -0.1) is 0 Å². The number of carbonyl (C=O) groups excluding carboxylic acids is 1. The molecule has 4 heteroatoms. The molecule has 2 rings (SSSR count). The average molecular weight is 290 g/mol. The van der Waals surface area contributed by atoms with E-state index in [1.54, 1.807) is 0 Å². The smallest absolute Gasteiger partial charge is 0.223 e. The van der Waals surface area contributed by atoms with Crippen molar-refractivity contribution >= 4 is 21.8 Å². The molecule has 0 spiro atoms. The number of hydrogen-bond donors (Lipinski definition) is 0. The minimum atomic E-state index is 0.182. The Morgan fingerprint density at radius 3 is 2.81 bits per heavy atom. The van der Waals surface area contributed by atoms with Crippen LogP contribution in [-0.2, 0) is 9.53 Å². The fourth-order valence-corrected chi connectivity index (χ4v) is 3.02. The number of carbonyl (C=O) groups is 1. The Bertz CT molecular complexity index is 241. The molecule has 1 amide bonds. The second-order valence-electron chi connectivity index (χ2n) is 4.84. The molecule has 1 atom stereocenters. The predicted molar refractivity (Wildman–Crippen MR) is 66.7 cm³/mol. The molecule has 2 fully saturated rings. The van der Waals surface area contributed by atoms with Crippen LogP contribution in [0.5, 0.6) is 0 Å². The molecular weight excluding hydrogens is 270 g/mol. The Morgan fingerprint density at radius 2 is 2.12 bits per heavy atom. The average Bonchev–Trinajstić information content (AvgIpc) is 2.82. The Hall–Kier alpha value is -0.0900. The summed E-state index contributed by atoms with van der Waals surface area (Å²) >= 11 is 3.41. The fraction of sp³-hybridized carbons (Fsp3) is 0.917. The maximum atomic E-state index is 12.1. The van der Waals surface area contributed by atoms with Crippen LogP contribution in [0, 0.1) is 5.92 Å². The van der Waals surface area contributed by atoms with Crippen molar-refractivity contribution in [2.75, 3.05) is 25.0 Å². The first-order valence-corrected chi connectivity index (χ1v) is 7.37. The molecule has 1 unspecified atom stereocenters. The number of hydrogen-bond acceptors (Lipinski definition) is 2. The first kappa shape index (κ1) is 12.4. The van der Waals surface area contributed by atoms with Gasteiger partial charge in [0.05, 0.1) is 12.7 Å². The van der Waals surface area contributed by atoms with Crippen LogP contribution in [0.3, 0.4) is 0 Å². The standard InChI is InChI=1S/C12H20BrNO2/c13-8-11-9-14(5-6-16-11)12(15)7-10-3-1-2-4-10/h10-11H,1-9H2. The van der Waals surface area contributed by atoms with E-state index in [0.29, 0.717) is 18.4 Å². The summed E-state index contributed by atoms with van der Waals surface area (Å²) in [5, 5.41) is 0.820. The van der Waals surface area contributed by atoms with E-state index in [2.05, 4.69) is 15.9 Å². The van der Waals surface area contributed by atoms with Gasteiger partial charge >= 0.3 is 0 Å². The van der Waals surface area contributed by atoms with Crippen LogP contribution in [0.2, 0.25) is 0 Å². The monoisotopic (exact) mass is 289 g/mol. The number of alkyl halides is 1. The van der Waals surface area contributed by atoms with Gasteiger partial charge < -0.3 is 9.64 Å². The number of halogens is 1. The van der Waals surface area contributed by atoms with Crippen molar-refractivity contribution in [2.45, 2.75) is 38.2 Å². The molecule has 1 heterocycles. The quantitative estimate of drug-likeness (QED) is 0.746. The van der Waals surface area contributed by atoms with Gasteiger partial charge in [-0.05, 0) is 18.8 Å². The van der Waals surface area contributed by atoms with E-state index in [9.17, 15) is 4.79 Å². The van der Waals surface area contributed by atoms with E-state index in [4.69, 9.17) is 4.74 Å². The zero-order valence-corrected chi connectivity index (χ0v) is 11.2. The Labute approximate surface area is 106 Å². The van der Waals surface area contributed by atoms with Gasteiger partial charge in [-0.25, -0.2) is 0 Å². The molecule has 0 radical (unpaired) electrons. The largest absolute Gasteiger partial charge is 0.374 e. The summed E-state index contributed by atoms with van der Waals surface area (Å²) in [5.74, 6) is 0.985. The van der Waals surface area contributed by atoms with Crippen LogP contribution >= 0.6 is 15.9 Å². The minimum absolute atomic E-state index is 0.182. The highest BCUT2D eigenvalue weighted by Crippen LogP contribution is 2.28. The fourth-order valence-electron chi connectivity index (χ4n) is 2.63. The lowest BCUT2D eigenvalue weighted by molar-refractivity contribution is -0.138. The molecule has 0 aromatic rings. The summed E-state index contributed by atoms with van der Waals surface area (Å²) < 4.78 is 5.54. The van der Waals surface area contributed by atoms with Crippen molar-refractivity contribution in [2.24, 2.45) is 5.92 Å².